The second kappa shape index (κ2) is 8.08. The Hall–Kier alpha value is -2.17. The molecule has 0 aliphatic carbocycles. The van der Waals surface area contributed by atoms with Crippen LogP contribution in [0, 0.1) is 6.92 Å². The molecule has 5 heteroatoms. The van der Waals surface area contributed by atoms with E-state index in [-0.39, 0.29) is 11.9 Å². The van der Waals surface area contributed by atoms with E-state index in [1.165, 1.54) is 12.0 Å². The van der Waals surface area contributed by atoms with Crippen molar-refractivity contribution in [2.24, 2.45) is 0 Å². The van der Waals surface area contributed by atoms with E-state index in [0.29, 0.717) is 6.42 Å². The Labute approximate surface area is 143 Å². The van der Waals surface area contributed by atoms with Crippen LogP contribution >= 0.6 is 0 Å². The predicted octanol–water partition coefficient (Wildman–Crippen LogP) is 2.99. The van der Waals surface area contributed by atoms with E-state index < -0.39 is 0 Å². The molecule has 2 aromatic heterocycles. The first-order chi connectivity index (χ1) is 11.7. The van der Waals surface area contributed by atoms with E-state index >= 15 is 0 Å². The Morgan fingerprint density at radius 1 is 1.33 bits per heavy atom. The quantitative estimate of drug-likeness (QED) is 0.820. The molecule has 24 heavy (non-hydrogen) atoms. The summed E-state index contributed by atoms with van der Waals surface area (Å²) in [5, 5.41) is 4.38. The van der Waals surface area contributed by atoms with Gasteiger partial charge in [-0.2, -0.15) is 5.10 Å². The molecule has 1 aliphatic heterocycles. The molecular weight excluding hydrogens is 300 g/mol. The van der Waals surface area contributed by atoms with Gasteiger partial charge in [0.25, 0.3) is 0 Å². The molecule has 0 saturated carbocycles. The molecule has 128 valence electrons. The van der Waals surface area contributed by atoms with Crippen molar-refractivity contribution in [3.63, 3.8) is 0 Å². The molecule has 3 rings (SSSR count). The van der Waals surface area contributed by atoms with Gasteiger partial charge in [0.15, 0.2) is 0 Å². The van der Waals surface area contributed by atoms with Crippen molar-refractivity contribution in [2.45, 2.75) is 58.0 Å². The van der Waals surface area contributed by atoms with Crippen molar-refractivity contribution < 1.29 is 4.79 Å². The number of pyridine rings is 1. The third kappa shape index (κ3) is 4.43. The number of nitrogens with zero attached hydrogens (tertiary/aromatic N) is 4. The zero-order chi connectivity index (χ0) is 16.8. The van der Waals surface area contributed by atoms with Gasteiger partial charge >= 0.3 is 0 Å². The fourth-order valence-electron chi connectivity index (χ4n) is 3.41. The highest BCUT2D eigenvalue weighted by Gasteiger charge is 2.26. The Morgan fingerprint density at radius 2 is 2.25 bits per heavy atom. The Kier molecular flexibility index (Phi) is 5.62. The lowest BCUT2D eigenvalue weighted by Gasteiger charge is -2.36. The van der Waals surface area contributed by atoms with Gasteiger partial charge in [-0.15, -0.1) is 0 Å². The fraction of sp³-hybridized carbons (Fsp3) is 0.526. The highest BCUT2D eigenvalue weighted by molar-refractivity contribution is 5.76. The minimum atomic E-state index is 0.277. The van der Waals surface area contributed by atoms with Crippen LogP contribution in [0.1, 0.15) is 43.4 Å². The summed E-state index contributed by atoms with van der Waals surface area (Å²) in [7, 11) is 0. The lowest BCUT2D eigenvalue weighted by atomic mass is 10.0. The van der Waals surface area contributed by atoms with Crippen molar-refractivity contribution in [3.8, 4) is 0 Å². The van der Waals surface area contributed by atoms with E-state index in [1.54, 1.807) is 0 Å². The number of likely N-dealkylation sites (tertiary alicyclic amines) is 1. The maximum absolute atomic E-state index is 12.7. The van der Waals surface area contributed by atoms with Crippen LogP contribution in [0.25, 0.3) is 0 Å². The van der Waals surface area contributed by atoms with Gasteiger partial charge in [-0.1, -0.05) is 6.07 Å². The fourth-order valence-corrected chi connectivity index (χ4v) is 3.41. The monoisotopic (exact) mass is 326 g/mol. The van der Waals surface area contributed by atoms with Gasteiger partial charge in [0.05, 0.1) is 18.8 Å². The molecule has 0 radical (unpaired) electrons. The first kappa shape index (κ1) is 16.7. The SMILES string of the molecule is Cc1cnn(C[C@@H]2CCCCN2C(=O)CCCc2ccccn2)c1. The van der Waals surface area contributed by atoms with Crippen LogP contribution in [0.3, 0.4) is 0 Å². The third-order valence-corrected chi connectivity index (χ3v) is 4.66. The molecule has 0 bridgehead atoms. The molecule has 3 heterocycles. The lowest BCUT2D eigenvalue weighted by Crippen LogP contribution is -2.45. The van der Waals surface area contributed by atoms with Gasteiger partial charge in [0.1, 0.15) is 0 Å². The van der Waals surface area contributed by atoms with E-state index in [0.717, 1.165) is 44.5 Å². The summed E-state index contributed by atoms with van der Waals surface area (Å²) in [4.78, 5) is 19.1. The molecule has 1 saturated heterocycles. The molecule has 5 nitrogen and oxygen atoms in total. The van der Waals surface area contributed by atoms with Crippen molar-refractivity contribution >= 4 is 5.91 Å². The number of hydrogen-bond donors (Lipinski definition) is 0. The van der Waals surface area contributed by atoms with Crippen molar-refractivity contribution in [3.05, 3.63) is 48.0 Å². The van der Waals surface area contributed by atoms with Crippen molar-refractivity contribution in [1.29, 1.82) is 0 Å². The van der Waals surface area contributed by atoms with Gasteiger partial charge in [0.2, 0.25) is 5.91 Å². The summed E-state index contributed by atoms with van der Waals surface area (Å²) < 4.78 is 1.97. The maximum Gasteiger partial charge on any atom is 0.222 e. The predicted molar refractivity (Wildman–Crippen MR) is 93.5 cm³/mol. The molecular formula is C19H26N4O. The van der Waals surface area contributed by atoms with E-state index in [1.807, 2.05) is 42.2 Å². The molecule has 1 amide bonds. The Morgan fingerprint density at radius 3 is 3.00 bits per heavy atom. The van der Waals surface area contributed by atoms with Gasteiger partial charge in [-0.05, 0) is 56.7 Å². The molecule has 0 spiro atoms. The van der Waals surface area contributed by atoms with Crippen molar-refractivity contribution in [1.82, 2.24) is 19.7 Å². The summed E-state index contributed by atoms with van der Waals surface area (Å²) in [5.74, 6) is 0.277. The topological polar surface area (TPSA) is 51.0 Å². The number of hydrogen-bond acceptors (Lipinski definition) is 3. The average Bonchev–Trinajstić information content (AvgIpc) is 3.01. The van der Waals surface area contributed by atoms with Crippen LogP contribution in [-0.4, -0.2) is 38.2 Å². The summed E-state index contributed by atoms with van der Waals surface area (Å²) in [6, 6.07) is 6.22. The normalized spacial score (nSPS) is 17.9. The van der Waals surface area contributed by atoms with Crippen molar-refractivity contribution in [2.75, 3.05) is 6.54 Å². The van der Waals surface area contributed by atoms with Crippen LogP contribution in [0.15, 0.2) is 36.8 Å². The Bertz CT molecular complexity index is 652. The van der Waals surface area contributed by atoms with E-state index in [2.05, 4.69) is 21.2 Å². The molecule has 0 unspecified atom stereocenters. The number of rotatable bonds is 6. The smallest absolute Gasteiger partial charge is 0.222 e. The zero-order valence-electron chi connectivity index (χ0n) is 14.4. The number of aromatic nitrogens is 3. The minimum absolute atomic E-state index is 0.277. The molecule has 2 aromatic rings. The lowest BCUT2D eigenvalue weighted by molar-refractivity contribution is -0.135. The number of carbonyl (C=O) groups is 1. The molecule has 1 atom stereocenters. The second-order valence-corrected chi connectivity index (χ2v) is 6.65. The summed E-state index contributed by atoms with van der Waals surface area (Å²) in [5.41, 5.74) is 2.23. The van der Waals surface area contributed by atoms with Gasteiger partial charge in [-0.25, -0.2) is 0 Å². The van der Waals surface area contributed by atoms with Gasteiger partial charge < -0.3 is 4.90 Å². The molecule has 1 fully saturated rings. The van der Waals surface area contributed by atoms with Crippen LogP contribution in [-0.2, 0) is 17.8 Å². The highest BCUT2D eigenvalue weighted by atomic mass is 16.2. The second-order valence-electron chi connectivity index (χ2n) is 6.65. The largest absolute Gasteiger partial charge is 0.338 e. The summed E-state index contributed by atoms with van der Waals surface area (Å²) >= 11 is 0. The molecule has 0 N–H and O–H groups in total. The van der Waals surface area contributed by atoms with Crippen LogP contribution in [0.5, 0.6) is 0 Å². The first-order valence-electron chi connectivity index (χ1n) is 8.91. The minimum Gasteiger partial charge on any atom is -0.338 e. The number of aryl methyl sites for hydroxylation is 2. The number of amides is 1. The average molecular weight is 326 g/mol. The van der Waals surface area contributed by atoms with E-state index in [4.69, 9.17) is 0 Å². The Balaban J connectivity index is 1.53. The molecule has 0 aromatic carbocycles. The highest BCUT2D eigenvalue weighted by Crippen LogP contribution is 2.20. The van der Waals surface area contributed by atoms with E-state index in [9.17, 15) is 4.79 Å². The number of piperidine rings is 1. The van der Waals surface area contributed by atoms with Crippen LogP contribution < -0.4 is 0 Å². The van der Waals surface area contributed by atoms with Crippen LogP contribution in [0.2, 0.25) is 0 Å². The standard InChI is InChI=1S/C19H26N4O/c1-16-13-21-22(14-16)15-18-9-3-5-12-23(18)19(24)10-6-8-17-7-2-4-11-20-17/h2,4,7,11,13-14,18H,3,5-6,8-10,12,15H2,1H3/t18-/m0/s1. The summed E-state index contributed by atoms with van der Waals surface area (Å²) in [6.45, 7) is 3.73. The van der Waals surface area contributed by atoms with Gasteiger partial charge in [0, 0.05) is 31.1 Å². The van der Waals surface area contributed by atoms with Crippen LogP contribution in [0.4, 0.5) is 0 Å². The first-order valence-corrected chi connectivity index (χ1v) is 8.91. The van der Waals surface area contributed by atoms with Gasteiger partial charge in [-0.3, -0.25) is 14.5 Å². The summed E-state index contributed by atoms with van der Waals surface area (Å²) in [6.07, 6.45) is 11.5. The third-order valence-electron chi connectivity index (χ3n) is 4.66. The maximum atomic E-state index is 12.7. The number of carbonyl (C=O) groups excluding carboxylic acids is 1. The zero-order valence-corrected chi connectivity index (χ0v) is 14.4. The molecule has 1 aliphatic rings.